The fraction of sp³-hybridized carbons (Fsp3) is 0.588. The molecular formula is C17H23F3N2O. The molecule has 1 aliphatic rings. The van der Waals surface area contributed by atoms with E-state index >= 15 is 0 Å². The van der Waals surface area contributed by atoms with E-state index < -0.39 is 11.7 Å². The molecule has 1 fully saturated rings. The summed E-state index contributed by atoms with van der Waals surface area (Å²) in [7, 11) is 0. The molecule has 0 heterocycles. The van der Waals surface area contributed by atoms with Gasteiger partial charge in [-0.3, -0.25) is 4.79 Å². The average molecular weight is 328 g/mol. The van der Waals surface area contributed by atoms with Crippen LogP contribution >= 0.6 is 0 Å². The minimum atomic E-state index is -4.37. The number of hydrogen-bond acceptors (Lipinski definition) is 2. The summed E-state index contributed by atoms with van der Waals surface area (Å²) in [5, 5.41) is 3.00. The van der Waals surface area contributed by atoms with Crippen LogP contribution in [0.1, 0.15) is 56.1 Å². The summed E-state index contributed by atoms with van der Waals surface area (Å²) in [4.78, 5) is 12.2. The van der Waals surface area contributed by atoms with Crippen molar-refractivity contribution in [2.75, 3.05) is 6.54 Å². The maximum atomic E-state index is 12.8. The van der Waals surface area contributed by atoms with Crippen molar-refractivity contribution in [1.29, 1.82) is 0 Å². The molecule has 1 aromatic rings. The third-order valence-corrected chi connectivity index (χ3v) is 4.63. The van der Waals surface area contributed by atoms with Crippen molar-refractivity contribution in [2.45, 2.75) is 56.7 Å². The third kappa shape index (κ3) is 4.47. The molecule has 1 amide bonds. The van der Waals surface area contributed by atoms with Crippen LogP contribution in [0.2, 0.25) is 0 Å². The average Bonchev–Trinajstić information content (AvgIpc) is 2.95. The van der Waals surface area contributed by atoms with Crippen molar-refractivity contribution in [3.05, 3.63) is 35.4 Å². The van der Waals surface area contributed by atoms with E-state index in [4.69, 9.17) is 5.73 Å². The summed E-state index contributed by atoms with van der Waals surface area (Å²) in [6.45, 7) is 2.16. The van der Waals surface area contributed by atoms with Crippen molar-refractivity contribution in [2.24, 2.45) is 5.73 Å². The maximum absolute atomic E-state index is 12.8. The third-order valence-electron chi connectivity index (χ3n) is 4.63. The van der Waals surface area contributed by atoms with Crippen LogP contribution in [0.4, 0.5) is 13.2 Å². The number of alkyl halides is 3. The summed E-state index contributed by atoms with van der Waals surface area (Å²) >= 11 is 0. The zero-order chi connectivity index (χ0) is 17.1. The Labute approximate surface area is 134 Å². The first kappa shape index (κ1) is 17.8. The van der Waals surface area contributed by atoms with E-state index in [9.17, 15) is 18.0 Å². The van der Waals surface area contributed by atoms with Crippen LogP contribution in [0, 0.1) is 0 Å². The molecule has 0 bridgehead atoms. The molecule has 3 N–H and O–H groups in total. The second-order valence-electron chi connectivity index (χ2n) is 6.47. The molecule has 0 aromatic heterocycles. The summed E-state index contributed by atoms with van der Waals surface area (Å²) in [6.07, 6.45) is -0.393. The van der Waals surface area contributed by atoms with Gasteiger partial charge in [0, 0.05) is 13.0 Å². The topological polar surface area (TPSA) is 55.1 Å². The lowest BCUT2D eigenvalue weighted by Crippen LogP contribution is -2.51. The van der Waals surface area contributed by atoms with Crippen LogP contribution in [0.15, 0.2) is 24.3 Å². The first-order valence-corrected chi connectivity index (χ1v) is 7.94. The van der Waals surface area contributed by atoms with Crippen LogP contribution in [-0.4, -0.2) is 18.0 Å². The second kappa shape index (κ2) is 6.91. The van der Waals surface area contributed by atoms with Crippen LogP contribution < -0.4 is 11.1 Å². The minimum Gasteiger partial charge on any atom is -0.349 e. The number of benzene rings is 1. The van der Waals surface area contributed by atoms with Gasteiger partial charge < -0.3 is 11.1 Å². The molecule has 0 saturated heterocycles. The molecule has 128 valence electrons. The first-order valence-electron chi connectivity index (χ1n) is 7.94. The lowest BCUT2D eigenvalue weighted by atomic mass is 9.93. The Kier molecular flexibility index (Phi) is 5.34. The van der Waals surface area contributed by atoms with Crippen LogP contribution in [0.5, 0.6) is 0 Å². The quantitative estimate of drug-likeness (QED) is 0.868. The standard InChI is InChI=1S/C17H23F3N2O/c1-12(13-5-4-6-14(10-13)17(18,19)20)9-15(23)22-16(11-21)7-2-3-8-16/h4-6,10,12H,2-3,7-9,11,21H2,1H3,(H,22,23). The lowest BCUT2D eigenvalue weighted by Gasteiger charge is -2.29. The van der Waals surface area contributed by atoms with E-state index in [0.717, 1.165) is 37.8 Å². The second-order valence-corrected chi connectivity index (χ2v) is 6.47. The number of carbonyl (C=O) groups is 1. The smallest absolute Gasteiger partial charge is 0.349 e. The van der Waals surface area contributed by atoms with Crippen molar-refractivity contribution >= 4 is 5.91 Å². The zero-order valence-corrected chi connectivity index (χ0v) is 13.2. The fourth-order valence-corrected chi connectivity index (χ4v) is 3.20. The number of hydrogen-bond donors (Lipinski definition) is 2. The number of carbonyl (C=O) groups excluding carboxylic acids is 1. The molecule has 1 saturated carbocycles. The van der Waals surface area contributed by atoms with Gasteiger partial charge in [-0.1, -0.05) is 38.0 Å². The van der Waals surface area contributed by atoms with E-state index in [-0.39, 0.29) is 23.8 Å². The van der Waals surface area contributed by atoms with Crippen molar-refractivity contribution in [3.8, 4) is 0 Å². The van der Waals surface area contributed by atoms with Gasteiger partial charge in [-0.2, -0.15) is 13.2 Å². The molecular weight excluding hydrogens is 305 g/mol. The normalized spacial score (nSPS) is 18.7. The predicted octanol–water partition coefficient (Wildman–Crippen LogP) is 3.59. The van der Waals surface area contributed by atoms with E-state index in [1.807, 2.05) is 0 Å². The molecule has 1 atom stereocenters. The highest BCUT2D eigenvalue weighted by molar-refractivity contribution is 5.77. The Morgan fingerprint density at radius 3 is 2.57 bits per heavy atom. The van der Waals surface area contributed by atoms with Gasteiger partial charge in [0.2, 0.25) is 5.91 Å². The molecule has 1 aliphatic carbocycles. The van der Waals surface area contributed by atoms with Gasteiger partial charge in [0.1, 0.15) is 0 Å². The molecule has 0 spiro atoms. The van der Waals surface area contributed by atoms with Crippen molar-refractivity contribution in [3.63, 3.8) is 0 Å². The number of amides is 1. The molecule has 6 heteroatoms. The van der Waals surface area contributed by atoms with E-state index in [2.05, 4.69) is 5.32 Å². The molecule has 1 aromatic carbocycles. The summed E-state index contributed by atoms with van der Waals surface area (Å²) < 4.78 is 38.3. The Morgan fingerprint density at radius 2 is 2.00 bits per heavy atom. The molecule has 23 heavy (non-hydrogen) atoms. The van der Waals surface area contributed by atoms with Crippen LogP contribution in [0.25, 0.3) is 0 Å². The zero-order valence-electron chi connectivity index (χ0n) is 13.2. The van der Waals surface area contributed by atoms with Gasteiger partial charge >= 0.3 is 6.18 Å². The Balaban J connectivity index is 2.01. The van der Waals surface area contributed by atoms with E-state index in [1.165, 1.54) is 6.07 Å². The fourth-order valence-electron chi connectivity index (χ4n) is 3.20. The highest BCUT2D eigenvalue weighted by atomic mass is 19.4. The van der Waals surface area contributed by atoms with E-state index in [0.29, 0.717) is 12.1 Å². The van der Waals surface area contributed by atoms with Gasteiger partial charge in [-0.25, -0.2) is 0 Å². The van der Waals surface area contributed by atoms with Crippen LogP contribution in [-0.2, 0) is 11.0 Å². The number of halogens is 3. The minimum absolute atomic E-state index is 0.151. The first-order chi connectivity index (χ1) is 10.8. The highest BCUT2D eigenvalue weighted by Crippen LogP contribution is 2.32. The Morgan fingerprint density at radius 1 is 1.35 bits per heavy atom. The number of rotatable bonds is 5. The van der Waals surface area contributed by atoms with Gasteiger partial charge in [0.15, 0.2) is 0 Å². The van der Waals surface area contributed by atoms with Gasteiger partial charge in [-0.15, -0.1) is 0 Å². The molecule has 0 aliphatic heterocycles. The molecule has 3 nitrogen and oxygen atoms in total. The highest BCUT2D eigenvalue weighted by Gasteiger charge is 2.34. The van der Waals surface area contributed by atoms with Gasteiger partial charge in [0.25, 0.3) is 0 Å². The largest absolute Gasteiger partial charge is 0.416 e. The van der Waals surface area contributed by atoms with E-state index in [1.54, 1.807) is 13.0 Å². The lowest BCUT2D eigenvalue weighted by molar-refractivity contribution is -0.137. The summed E-state index contributed by atoms with van der Waals surface area (Å²) in [6, 6.07) is 5.16. The van der Waals surface area contributed by atoms with Gasteiger partial charge in [0.05, 0.1) is 11.1 Å². The molecule has 1 unspecified atom stereocenters. The van der Waals surface area contributed by atoms with Gasteiger partial charge in [-0.05, 0) is 30.4 Å². The van der Waals surface area contributed by atoms with Crippen molar-refractivity contribution in [1.82, 2.24) is 5.32 Å². The Bertz CT molecular complexity index is 551. The summed E-state index contributed by atoms with van der Waals surface area (Å²) in [5.41, 5.74) is 5.29. The van der Waals surface area contributed by atoms with Crippen LogP contribution in [0.3, 0.4) is 0 Å². The molecule has 0 radical (unpaired) electrons. The Hall–Kier alpha value is -1.56. The summed E-state index contributed by atoms with van der Waals surface area (Å²) in [5.74, 6) is -0.434. The monoisotopic (exact) mass is 328 g/mol. The predicted molar refractivity (Wildman–Crippen MR) is 82.9 cm³/mol. The maximum Gasteiger partial charge on any atom is 0.416 e. The van der Waals surface area contributed by atoms with Crippen molar-refractivity contribution < 1.29 is 18.0 Å². The number of nitrogens with two attached hydrogens (primary N) is 1. The SMILES string of the molecule is CC(CC(=O)NC1(CN)CCCC1)c1cccc(C(F)(F)F)c1. The number of nitrogens with one attached hydrogen (secondary N) is 1. The molecule has 2 rings (SSSR count).